The van der Waals surface area contributed by atoms with Gasteiger partial charge in [0.25, 0.3) is 0 Å². The molecule has 0 saturated carbocycles. The van der Waals surface area contributed by atoms with Crippen molar-refractivity contribution in [3.63, 3.8) is 0 Å². The number of nitrogens with zero attached hydrogens (tertiary/aromatic N) is 1. The summed E-state index contributed by atoms with van der Waals surface area (Å²) in [4.78, 5) is 0. The molecule has 0 saturated heterocycles. The summed E-state index contributed by atoms with van der Waals surface area (Å²) in [6.07, 6.45) is 0. The van der Waals surface area contributed by atoms with Crippen LogP contribution >= 0.6 is 0 Å². The molecule has 0 atom stereocenters. The van der Waals surface area contributed by atoms with Crippen molar-refractivity contribution in [2.45, 2.75) is 0 Å². The molecule has 0 amide bonds. The van der Waals surface area contributed by atoms with Crippen LogP contribution in [0, 0.1) is 0 Å². The van der Waals surface area contributed by atoms with Crippen LogP contribution in [0.25, 0.3) is 0 Å². The van der Waals surface area contributed by atoms with Gasteiger partial charge in [0, 0.05) is 0 Å². The summed E-state index contributed by atoms with van der Waals surface area (Å²) in [5.74, 6) is 4.98. The van der Waals surface area contributed by atoms with Gasteiger partial charge in [0.2, 0.25) is 0 Å². The van der Waals surface area contributed by atoms with Crippen molar-refractivity contribution >= 4 is 0 Å². The quantitative estimate of drug-likeness (QED) is 0.202. The first-order valence-corrected chi connectivity index (χ1v) is 5.62. The Bertz CT molecular complexity index is 45.3. The molecule has 6 nitrogen and oxygen atoms in total. The molecular formula is H6I2N4O2-2. The Morgan fingerprint density at radius 1 is 1.12 bits per heavy atom. The van der Waals surface area contributed by atoms with E-state index in [1.165, 1.54) is 0 Å². The third kappa shape index (κ3) is 5.36. The van der Waals surface area contributed by atoms with Crippen molar-refractivity contribution in [2.24, 2.45) is 13.7 Å². The predicted octanol–water partition coefficient (Wildman–Crippen LogP) is -8.22. The first-order chi connectivity index (χ1) is 3.81. The SMILES string of the molecule is N[I-]ON(N)O[I-]N. The van der Waals surface area contributed by atoms with Gasteiger partial charge in [-0.2, -0.15) is 0 Å². The molecule has 0 aromatic heterocycles. The summed E-state index contributed by atoms with van der Waals surface area (Å²) >= 11 is -1.61. The van der Waals surface area contributed by atoms with Gasteiger partial charge in [-0.25, -0.2) is 0 Å². The molecule has 8 heteroatoms. The van der Waals surface area contributed by atoms with Crippen LogP contribution in [0.1, 0.15) is 0 Å². The van der Waals surface area contributed by atoms with Crippen LogP contribution < -0.4 is 57.5 Å². The molecule has 0 spiro atoms. The molecule has 0 unspecified atom stereocenters. The van der Waals surface area contributed by atoms with E-state index in [-0.39, 0.29) is 0 Å². The molecule has 0 heterocycles. The number of halogens is 2. The van der Waals surface area contributed by atoms with E-state index in [9.17, 15) is 0 Å². The van der Waals surface area contributed by atoms with Crippen LogP contribution in [0.4, 0.5) is 0 Å². The zero-order valence-electron chi connectivity index (χ0n) is 3.75. The Morgan fingerprint density at radius 2 is 1.50 bits per heavy atom. The summed E-state index contributed by atoms with van der Waals surface area (Å²) in [6.45, 7) is 0. The summed E-state index contributed by atoms with van der Waals surface area (Å²) in [5.41, 5.74) is 0. The van der Waals surface area contributed by atoms with Gasteiger partial charge in [-0.3, -0.25) is 0 Å². The van der Waals surface area contributed by atoms with Gasteiger partial charge in [-0.15, -0.1) is 0 Å². The molecule has 0 aliphatic heterocycles. The average molecular weight is 348 g/mol. The van der Waals surface area contributed by atoms with E-state index in [1.54, 1.807) is 0 Å². The van der Waals surface area contributed by atoms with Crippen molar-refractivity contribution in [2.75, 3.05) is 0 Å². The minimum absolute atomic E-state index is 0.709. The van der Waals surface area contributed by atoms with Crippen molar-refractivity contribution < 1.29 is 50.1 Å². The van der Waals surface area contributed by atoms with Crippen molar-refractivity contribution in [1.29, 1.82) is 0 Å². The Balaban J connectivity index is 2.92. The second-order valence-electron chi connectivity index (χ2n) is 0.602. The van der Waals surface area contributed by atoms with E-state index in [2.05, 4.69) is 6.33 Å². The second kappa shape index (κ2) is 6.34. The molecule has 54 valence electrons. The Hall–Kier alpha value is 1.22. The molecule has 0 aliphatic carbocycles. The van der Waals surface area contributed by atoms with Gasteiger partial charge in [0.1, 0.15) is 0 Å². The molecule has 0 aliphatic rings. The molecule has 0 aromatic carbocycles. The molecule has 0 aromatic rings. The van der Waals surface area contributed by atoms with E-state index >= 15 is 0 Å². The van der Waals surface area contributed by atoms with Gasteiger partial charge in [-0.05, 0) is 0 Å². The second-order valence-corrected chi connectivity index (χ2v) is 2.41. The monoisotopic (exact) mass is 348 g/mol. The Morgan fingerprint density at radius 3 is 1.75 bits per heavy atom. The fourth-order valence-electron chi connectivity index (χ4n) is 0.0892. The number of hydrogen-bond donors (Lipinski definition) is 3. The van der Waals surface area contributed by atoms with Gasteiger partial charge in [0.15, 0.2) is 0 Å². The Kier molecular flexibility index (Phi) is 7.31. The fraction of sp³-hybridized carbons (Fsp3) is 0. The third-order valence-electron chi connectivity index (χ3n) is 0.216. The third-order valence-corrected chi connectivity index (χ3v) is 1.45. The van der Waals surface area contributed by atoms with E-state index in [0.29, 0.717) is 5.34 Å². The first-order valence-electron chi connectivity index (χ1n) is 1.37. The van der Waals surface area contributed by atoms with Crippen LogP contribution in [0.15, 0.2) is 0 Å². The molecule has 0 fully saturated rings. The fourth-order valence-corrected chi connectivity index (χ4v) is 1.01. The molecule has 0 radical (unpaired) electrons. The van der Waals surface area contributed by atoms with Crippen LogP contribution in [-0.4, -0.2) is 5.34 Å². The summed E-state index contributed by atoms with van der Waals surface area (Å²) in [6, 6.07) is 0. The van der Waals surface area contributed by atoms with E-state index in [4.69, 9.17) is 13.7 Å². The van der Waals surface area contributed by atoms with Crippen molar-refractivity contribution in [1.82, 2.24) is 5.34 Å². The molecule has 8 heavy (non-hydrogen) atoms. The van der Waals surface area contributed by atoms with Crippen molar-refractivity contribution in [3.05, 3.63) is 0 Å². The van der Waals surface area contributed by atoms with E-state index in [1.807, 2.05) is 0 Å². The van der Waals surface area contributed by atoms with E-state index < -0.39 is 43.8 Å². The van der Waals surface area contributed by atoms with Crippen LogP contribution in [-0.2, 0) is 6.33 Å². The number of hydrazine groups is 1. The molecule has 0 bridgehead atoms. The molecular weight excluding hydrogens is 342 g/mol. The standard InChI is InChI=1S/H6I2N4O2/c3-1-7-6(5)8-2-4/h3-5H2/q-2. The van der Waals surface area contributed by atoms with Gasteiger partial charge in [-0.1, -0.05) is 0 Å². The minimum atomic E-state index is -0.807. The average Bonchev–Trinajstić information content (AvgIpc) is 1.68. The van der Waals surface area contributed by atoms with Crippen LogP contribution in [0.2, 0.25) is 0 Å². The van der Waals surface area contributed by atoms with Gasteiger partial charge < -0.3 is 0 Å². The maximum absolute atomic E-state index is 5.02. The van der Waals surface area contributed by atoms with Gasteiger partial charge >= 0.3 is 69.2 Å². The summed E-state index contributed by atoms with van der Waals surface area (Å²) in [7, 11) is 0. The maximum atomic E-state index is 5.02. The summed E-state index contributed by atoms with van der Waals surface area (Å²) in [5, 5.41) is 0.709. The number of rotatable bonds is 4. The number of nitrogens with two attached hydrogens (primary N) is 3. The summed E-state index contributed by atoms with van der Waals surface area (Å²) < 4.78 is 19.0. The molecule has 0 rings (SSSR count). The topological polar surface area (TPSA) is 99.8 Å². The first kappa shape index (κ1) is 9.22. The normalized spacial score (nSPS) is 11.5. The molecule has 6 N–H and O–H groups in total. The Labute approximate surface area is 68.8 Å². The van der Waals surface area contributed by atoms with Crippen LogP contribution in [0.3, 0.4) is 0 Å². The van der Waals surface area contributed by atoms with E-state index in [0.717, 1.165) is 0 Å². The zero-order valence-corrected chi connectivity index (χ0v) is 8.07. The van der Waals surface area contributed by atoms with Crippen molar-refractivity contribution in [3.8, 4) is 0 Å². The number of hydrogen-bond acceptors (Lipinski definition) is 6. The van der Waals surface area contributed by atoms with Gasteiger partial charge in [0.05, 0.1) is 0 Å². The van der Waals surface area contributed by atoms with Crippen LogP contribution in [0.5, 0.6) is 0 Å². The zero-order chi connectivity index (χ0) is 6.41. The predicted molar refractivity (Wildman–Crippen MR) is 16.6 cm³/mol.